The highest BCUT2D eigenvalue weighted by atomic mass is 35.5. The molecule has 0 fully saturated rings. The van der Waals surface area contributed by atoms with Gasteiger partial charge in [-0.2, -0.15) is 13.2 Å². The lowest BCUT2D eigenvalue weighted by atomic mass is 9.82. The Morgan fingerprint density at radius 1 is 1.03 bits per heavy atom. The minimum absolute atomic E-state index is 0.0841. The van der Waals surface area contributed by atoms with Crippen LogP contribution in [0.2, 0.25) is 5.02 Å². The molecule has 1 unspecified atom stereocenters. The van der Waals surface area contributed by atoms with Crippen LogP contribution in [0.1, 0.15) is 28.1 Å². The van der Waals surface area contributed by atoms with E-state index in [9.17, 15) is 22.7 Å². The summed E-state index contributed by atoms with van der Waals surface area (Å²) in [6, 6.07) is 11.0. The maximum Gasteiger partial charge on any atom is 0.433 e. The number of imidazole rings is 1. The molecule has 0 saturated heterocycles. The first-order valence-corrected chi connectivity index (χ1v) is 12.0. The minimum atomic E-state index is -4.64. The number of hydrogen-bond donors (Lipinski definition) is 1. The molecule has 3 heterocycles. The molecule has 5 aromatic rings. The van der Waals surface area contributed by atoms with Crippen molar-refractivity contribution >= 4 is 22.5 Å². The molecular weight excluding hydrogens is 536 g/mol. The lowest BCUT2D eigenvalue weighted by molar-refractivity contribution is -0.141. The Morgan fingerprint density at radius 3 is 2.38 bits per heavy atom. The molecule has 0 saturated carbocycles. The van der Waals surface area contributed by atoms with Crippen LogP contribution in [0.4, 0.5) is 17.6 Å². The second-order valence-electron chi connectivity index (χ2n) is 9.04. The van der Waals surface area contributed by atoms with Gasteiger partial charge in [-0.05, 0) is 47.9 Å². The van der Waals surface area contributed by atoms with E-state index < -0.39 is 23.3 Å². The van der Waals surface area contributed by atoms with Gasteiger partial charge in [0.05, 0.1) is 41.4 Å². The highest BCUT2D eigenvalue weighted by Gasteiger charge is 2.39. The van der Waals surface area contributed by atoms with E-state index in [-0.39, 0.29) is 27.7 Å². The smallest absolute Gasteiger partial charge is 0.433 e. The first-order chi connectivity index (χ1) is 18.4. The number of nitrogens with zero attached hydrogens (tertiary/aromatic N) is 4. The summed E-state index contributed by atoms with van der Waals surface area (Å²) in [6.45, 7) is 1.76. The molecule has 11 heteroatoms. The number of fused-ring (bicyclic) bond motifs is 1. The number of benzene rings is 2. The van der Waals surface area contributed by atoms with Gasteiger partial charge in [-0.15, -0.1) is 0 Å². The van der Waals surface area contributed by atoms with E-state index in [1.54, 1.807) is 36.7 Å². The van der Waals surface area contributed by atoms with Crippen LogP contribution in [0, 0.1) is 12.7 Å². The van der Waals surface area contributed by atoms with Crippen LogP contribution in [-0.4, -0.2) is 31.7 Å². The zero-order valence-corrected chi connectivity index (χ0v) is 21.6. The molecule has 0 amide bonds. The molecule has 5 rings (SSSR count). The second kappa shape index (κ2) is 9.62. The Hall–Kier alpha value is -4.02. The molecule has 0 aliphatic rings. The van der Waals surface area contributed by atoms with Gasteiger partial charge < -0.3 is 14.4 Å². The zero-order valence-electron chi connectivity index (χ0n) is 20.9. The van der Waals surface area contributed by atoms with Gasteiger partial charge in [0.25, 0.3) is 0 Å². The van der Waals surface area contributed by atoms with Gasteiger partial charge in [0.15, 0.2) is 5.60 Å². The highest BCUT2D eigenvalue weighted by Crippen LogP contribution is 2.44. The summed E-state index contributed by atoms with van der Waals surface area (Å²) in [5.74, 6) is -0.293. The monoisotopic (exact) mass is 556 g/mol. The molecule has 0 aliphatic carbocycles. The van der Waals surface area contributed by atoms with Crippen LogP contribution in [0.25, 0.3) is 22.0 Å². The third-order valence-electron chi connectivity index (χ3n) is 6.57. The lowest BCUT2D eigenvalue weighted by Crippen LogP contribution is -2.31. The molecule has 39 heavy (non-hydrogen) atoms. The van der Waals surface area contributed by atoms with Gasteiger partial charge in [0.1, 0.15) is 11.5 Å². The third-order valence-corrected chi connectivity index (χ3v) is 6.96. The van der Waals surface area contributed by atoms with Gasteiger partial charge >= 0.3 is 6.18 Å². The second-order valence-corrected chi connectivity index (χ2v) is 9.42. The molecule has 6 nitrogen and oxygen atoms in total. The molecule has 0 aliphatic heterocycles. The average molecular weight is 557 g/mol. The van der Waals surface area contributed by atoms with E-state index in [1.807, 2.05) is 0 Å². The Bertz CT molecular complexity index is 1700. The molecule has 200 valence electrons. The van der Waals surface area contributed by atoms with E-state index in [1.165, 1.54) is 43.9 Å². The molecule has 0 radical (unpaired) electrons. The van der Waals surface area contributed by atoms with E-state index in [0.29, 0.717) is 27.6 Å². The van der Waals surface area contributed by atoms with Gasteiger partial charge in [-0.3, -0.25) is 4.98 Å². The van der Waals surface area contributed by atoms with Crippen molar-refractivity contribution in [1.29, 1.82) is 0 Å². The number of aromatic nitrogens is 4. The fourth-order valence-electron chi connectivity index (χ4n) is 4.68. The van der Waals surface area contributed by atoms with Crippen molar-refractivity contribution < 1.29 is 27.4 Å². The van der Waals surface area contributed by atoms with Crippen molar-refractivity contribution in [3.05, 3.63) is 106 Å². The van der Waals surface area contributed by atoms with Gasteiger partial charge in [0.2, 0.25) is 5.88 Å². The van der Waals surface area contributed by atoms with E-state index in [4.69, 9.17) is 16.3 Å². The number of alkyl halides is 3. The summed E-state index contributed by atoms with van der Waals surface area (Å²) in [4.78, 5) is 12.3. The van der Waals surface area contributed by atoms with Crippen molar-refractivity contribution in [3.63, 3.8) is 0 Å². The molecule has 1 N–H and O–H groups in total. The van der Waals surface area contributed by atoms with Gasteiger partial charge in [-0.25, -0.2) is 14.4 Å². The SMILES string of the molecule is COc1nc2c(C)cc(C(O)(c3ccc(C(F)(F)F)nc3)c3cncn3C)cc2c(Cl)c1-c1cccc(F)c1. The van der Waals surface area contributed by atoms with Crippen LogP contribution in [0.15, 0.2) is 67.3 Å². The zero-order chi connectivity index (χ0) is 28.1. The predicted octanol–water partition coefficient (Wildman–Crippen LogP) is 6.44. The number of aliphatic hydroxyl groups is 1. The summed E-state index contributed by atoms with van der Waals surface area (Å²) in [7, 11) is 3.08. The number of rotatable bonds is 5. The standard InChI is InChI=1S/C28H21ClF4N4O2/c1-15-9-18(11-20-24(29)23(26(39-3)36-25(15)20)16-5-4-6-19(30)10-16)27(38,22-13-34-14-37(22)2)17-7-8-21(35-12-17)28(31,32)33/h4-14,38H,1-3H3. The number of halogens is 5. The van der Waals surface area contributed by atoms with Crippen molar-refractivity contribution in [2.75, 3.05) is 7.11 Å². The summed E-state index contributed by atoms with van der Waals surface area (Å²) >= 11 is 6.90. The normalized spacial score (nSPS) is 13.5. The van der Waals surface area contributed by atoms with Crippen LogP contribution in [-0.2, 0) is 18.8 Å². The molecule has 3 aromatic heterocycles. The number of methoxy groups -OCH3 is 1. The Morgan fingerprint density at radius 2 is 1.79 bits per heavy atom. The van der Waals surface area contributed by atoms with E-state index in [2.05, 4.69) is 15.0 Å². The van der Waals surface area contributed by atoms with E-state index >= 15 is 0 Å². The van der Waals surface area contributed by atoms with Crippen molar-refractivity contribution in [2.45, 2.75) is 18.7 Å². The first kappa shape index (κ1) is 26.6. The van der Waals surface area contributed by atoms with Crippen molar-refractivity contribution in [3.8, 4) is 17.0 Å². The maximum atomic E-state index is 14.1. The number of pyridine rings is 2. The Labute approximate surface area is 225 Å². The fraction of sp³-hybridized carbons (Fsp3) is 0.179. The number of aryl methyl sites for hydroxylation is 2. The van der Waals surface area contributed by atoms with Crippen LogP contribution in [0.3, 0.4) is 0 Å². The van der Waals surface area contributed by atoms with Crippen LogP contribution >= 0.6 is 11.6 Å². The largest absolute Gasteiger partial charge is 0.480 e. The maximum absolute atomic E-state index is 14.1. The molecule has 0 spiro atoms. The molecule has 0 bridgehead atoms. The lowest BCUT2D eigenvalue weighted by Gasteiger charge is -2.30. The average Bonchev–Trinajstić information content (AvgIpc) is 3.34. The summed E-state index contributed by atoms with van der Waals surface area (Å²) in [5, 5.41) is 12.9. The van der Waals surface area contributed by atoms with Crippen molar-refractivity contribution in [1.82, 2.24) is 19.5 Å². The fourth-order valence-corrected chi connectivity index (χ4v) is 5.01. The quantitative estimate of drug-likeness (QED) is 0.252. The van der Waals surface area contributed by atoms with Gasteiger partial charge in [0, 0.05) is 24.2 Å². The highest BCUT2D eigenvalue weighted by molar-refractivity contribution is 6.38. The first-order valence-electron chi connectivity index (χ1n) is 11.6. The van der Waals surface area contributed by atoms with Gasteiger partial charge in [-0.1, -0.05) is 35.9 Å². The number of hydrogen-bond acceptors (Lipinski definition) is 5. The van der Waals surface area contributed by atoms with Crippen LogP contribution in [0.5, 0.6) is 5.88 Å². The molecule has 2 aromatic carbocycles. The Kier molecular flexibility index (Phi) is 6.56. The van der Waals surface area contributed by atoms with Crippen molar-refractivity contribution in [2.24, 2.45) is 7.05 Å². The third kappa shape index (κ3) is 4.49. The summed E-state index contributed by atoms with van der Waals surface area (Å²) in [6.07, 6.45) is -0.772. The predicted molar refractivity (Wildman–Crippen MR) is 138 cm³/mol. The minimum Gasteiger partial charge on any atom is -0.480 e. The number of ether oxygens (including phenoxy) is 1. The van der Waals surface area contributed by atoms with Crippen LogP contribution < -0.4 is 4.74 Å². The van der Waals surface area contributed by atoms with E-state index in [0.717, 1.165) is 12.3 Å². The molecular formula is C28H21ClF4N4O2. The Balaban J connectivity index is 1.80. The molecule has 1 atom stereocenters. The summed E-state index contributed by atoms with van der Waals surface area (Å²) < 4.78 is 60.8. The topological polar surface area (TPSA) is 73.1 Å². The summed E-state index contributed by atoms with van der Waals surface area (Å²) in [5.41, 5.74) is -0.543.